The minimum atomic E-state index is -3.01. The summed E-state index contributed by atoms with van der Waals surface area (Å²) in [5.41, 5.74) is 7.72. The van der Waals surface area contributed by atoms with Crippen molar-refractivity contribution in [1.29, 1.82) is 0 Å². The van der Waals surface area contributed by atoms with Gasteiger partial charge in [-0.3, -0.25) is 9.48 Å². The van der Waals surface area contributed by atoms with E-state index >= 15 is 0 Å². The minimum absolute atomic E-state index is 0.0378. The average molecular weight is 387 g/mol. The van der Waals surface area contributed by atoms with Gasteiger partial charge in [-0.25, -0.2) is 4.98 Å². The number of carbonyl (C=O) groups excluding carboxylic acids is 1. The number of benzene rings is 1. The fraction of sp³-hybridized carbons (Fsp3) is 0.211. The number of nitrogens with zero attached hydrogens (tertiary/aromatic N) is 3. The van der Waals surface area contributed by atoms with Crippen LogP contribution >= 0.6 is 0 Å². The monoisotopic (exact) mass is 387 g/mol. The van der Waals surface area contributed by atoms with E-state index in [2.05, 4.69) is 20.1 Å². The molecule has 9 heteroatoms. The predicted octanol–water partition coefficient (Wildman–Crippen LogP) is 2.75. The second kappa shape index (κ2) is 8.47. The van der Waals surface area contributed by atoms with Crippen LogP contribution in [0.15, 0.2) is 48.8 Å². The number of alkyl halides is 2. The number of amides is 1. The number of nitrogens with one attached hydrogen (secondary N) is 1. The van der Waals surface area contributed by atoms with Crippen LogP contribution in [0.4, 0.5) is 14.6 Å². The molecule has 0 radical (unpaired) electrons. The SMILES string of the molecule is Cc1nc(N)cc(OC(F)F)c1CNC(=O)c1cnn(Cc2ccccc2)c1. The molecule has 2 aromatic heterocycles. The van der Waals surface area contributed by atoms with Gasteiger partial charge in [0.1, 0.15) is 11.6 Å². The molecule has 0 aliphatic heterocycles. The van der Waals surface area contributed by atoms with E-state index < -0.39 is 12.5 Å². The van der Waals surface area contributed by atoms with Gasteiger partial charge in [-0.2, -0.15) is 13.9 Å². The summed E-state index contributed by atoms with van der Waals surface area (Å²) in [6, 6.07) is 10.9. The molecule has 3 N–H and O–H groups in total. The summed E-state index contributed by atoms with van der Waals surface area (Å²) in [5.74, 6) is -0.441. The molecule has 146 valence electrons. The zero-order valence-corrected chi connectivity index (χ0v) is 15.1. The Morgan fingerprint density at radius 2 is 2.07 bits per heavy atom. The topological polar surface area (TPSA) is 95.1 Å². The summed E-state index contributed by atoms with van der Waals surface area (Å²) in [6.07, 6.45) is 3.07. The molecule has 2 heterocycles. The molecule has 1 amide bonds. The van der Waals surface area contributed by atoms with E-state index in [-0.39, 0.29) is 18.1 Å². The number of aryl methyl sites for hydroxylation is 1. The quantitative estimate of drug-likeness (QED) is 0.650. The standard InChI is InChI=1S/C19H19F2N5O2/c1-12-15(16(28-19(20)21)7-17(22)25-12)9-23-18(27)14-8-24-26(11-14)10-13-5-3-2-4-6-13/h2-8,11,19H,9-10H2,1H3,(H2,22,25)(H,23,27). The lowest BCUT2D eigenvalue weighted by molar-refractivity contribution is -0.0505. The van der Waals surface area contributed by atoms with Gasteiger partial charge in [-0.15, -0.1) is 0 Å². The molecule has 0 aliphatic carbocycles. The Labute approximate surface area is 160 Å². The molecule has 0 spiro atoms. The van der Waals surface area contributed by atoms with Gasteiger partial charge in [0.2, 0.25) is 0 Å². The van der Waals surface area contributed by atoms with E-state index in [1.165, 1.54) is 12.3 Å². The number of aromatic nitrogens is 3. The third-order valence-electron chi connectivity index (χ3n) is 4.03. The van der Waals surface area contributed by atoms with Gasteiger partial charge < -0.3 is 15.8 Å². The predicted molar refractivity (Wildman–Crippen MR) is 99.0 cm³/mol. The highest BCUT2D eigenvalue weighted by Crippen LogP contribution is 2.25. The molecule has 0 saturated heterocycles. The molecule has 0 saturated carbocycles. The van der Waals surface area contributed by atoms with Crippen LogP contribution in [-0.4, -0.2) is 27.3 Å². The number of hydrogen-bond acceptors (Lipinski definition) is 5. The van der Waals surface area contributed by atoms with Crippen LogP contribution in [0.25, 0.3) is 0 Å². The van der Waals surface area contributed by atoms with Crippen molar-refractivity contribution in [3.05, 3.63) is 71.2 Å². The summed E-state index contributed by atoms with van der Waals surface area (Å²) in [6.45, 7) is -0.911. The Bertz CT molecular complexity index is 960. The van der Waals surface area contributed by atoms with Crippen LogP contribution in [0.5, 0.6) is 5.75 Å². The molecule has 0 atom stereocenters. The van der Waals surface area contributed by atoms with Crippen LogP contribution in [0.1, 0.15) is 27.2 Å². The van der Waals surface area contributed by atoms with Crippen molar-refractivity contribution in [1.82, 2.24) is 20.1 Å². The van der Waals surface area contributed by atoms with Crippen molar-refractivity contribution in [2.24, 2.45) is 0 Å². The molecular weight excluding hydrogens is 368 g/mol. The van der Waals surface area contributed by atoms with Crippen LogP contribution < -0.4 is 15.8 Å². The minimum Gasteiger partial charge on any atom is -0.434 e. The highest BCUT2D eigenvalue weighted by molar-refractivity contribution is 5.93. The maximum atomic E-state index is 12.6. The van der Waals surface area contributed by atoms with Gasteiger partial charge >= 0.3 is 6.61 Å². The largest absolute Gasteiger partial charge is 0.434 e. The highest BCUT2D eigenvalue weighted by atomic mass is 19.3. The Hall–Kier alpha value is -3.49. The van der Waals surface area contributed by atoms with Gasteiger partial charge in [-0.05, 0) is 12.5 Å². The third kappa shape index (κ3) is 4.81. The molecule has 0 unspecified atom stereocenters. The van der Waals surface area contributed by atoms with Crippen molar-refractivity contribution < 1.29 is 18.3 Å². The van der Waals surface area contributed by atoms with Gasteiger partial charge in [0, 0.05) is 30.1 Å². The summed E-state index contributed by atoms with van der Waals surface area (Å²) >= 11 is 0. The molecule has 28 heavy (non-hydrogen) atoms. The Balaban J connectivity index is 1.68. The van der Waals surface area contributed by atoms with E-state index in [9.17, 15) is 13.6 Å². The number of carbonyl (C=O) groups is 1. The molecule has 7 nitrogen and oxygen atoms in total. The first-order valence-electron chi connectivity index (χ1n) is 8.47. The number of nitrogen functional groups attached to an aromatic ring is 1. The van der Waals surface area contributed by atoms with Gasteiger partial charge in [0.05, 0.1) is 18.3 Å². The molecule has 3 rings (SSSR count). The lowest BCUT2D eigenvalue weighted by atomic mass is 10.1. The number of halogens is 2. The second-order valence-electron chi connectivity index (χ2n) is 6.08. The fourth-order valence-corrected chi connectivity index (χ4v) is 2.72. The number of anilines is 1. The highest BCUT2D eigenvalue weighted by Gasteiger charge is 2.16. The zero-order valence-electron chi connectivity index (χ0n) is 15.1. The summed E-state index contributed by atoms with van der Waals surface area (Å²) in [5, 5.41) is 6.85. The van der Waals surface area contributed by atoms with Gasteiger partial charge in [-0.1, -0.05) is 30.3 Å². The molecular formula is C19H19F2N5O2. The molecule has 0 aliphatic rings. The van der Waals surface area contributed by atoms with Crippen LogP contribution in [-0.2, 0) is 13.1 Å². The van der Waals surface area contributed by atoms with Crippen LogP contribution in [0.3, 0.4) is 0 Å². The summed E-state index contributed by atoms with van der Waals surface area (Å²) < 4.78 is 31.4. The van der Waals surface area contributed by atoms with Gasteiger partial charge in [0.15, 0.2) is 0 Å². The van der Waals surface area contributed by atoms with E-state index in [4.69, 9.17) is 5.73 Å². The third-order valence-corrected chi connectivity index (χ3v) is 4.03. The zero-order chi connectivity index (χ0) is 20.1. The lowest BCUT2D eigenvalue weighted by Crippen LogP contribution is -2.24. The molecule has 0 bridgehead atoms. The first-order chi connectivity index (χ1) is 13.4. The molecule has 1 aromatic carbocycles. The van der Waals surface area contributed by atoms with Crippen LogP contribution in [0.2, 0.25) is 0 Å². The molecule has 0 fully saturated rings. The van der Waals surface area contributed by atoms with Crippen molar-refractivity contribution in [3.8, 4) is 5.75 Å². The second-order valence-corrected chi connectivity index (χ2v) is 6.08. The maximum absolute atomic E-state index is 12.6. The van der Waals surface area contributed by atoms with Crippen molar-refractivity contribution in [3.63, 3.8) is 0 Å². The Morgan fingerprint density at radius 1 is 1.32 bits per heavy atom. The van der Waals surface area contributed by atoms with Crippen molar-refractivity contribution in [2.45, 2.75) is 26.6 Å². The van der Waals surface area contributed by atoms with E-state index in [0.29, 0.717) is 23.4 Å². The number of pyridine rings is 1. The number of hydrogen-bond donors (Lipinski definition) is 2. The number of nitrogens with two attached hydrogens (primary N) is 1. The summed E-state index contributed by atoms with van der Waals surface area (Å²) in [4.78, 5) is 16.4. The lowest BCUT2D eigenvalue weighted by Gasteiger charge is -2.14. The Morgan fingerprint density at radius 3 is 2.79 bits per heavy atom. The van der Waals surface area contributed by atoms with Crippen LogP contribution in [0, 0.1) is 6.92 Å². The maximum Gasteiger partial charge on any atom is 0.387 e. The first kappa shape index (κ1) is 19.3. The van der Waals surface area contributed by atoms with Gasteiger partial charge in [0.25, 0.3) is 5.91 Å². The Kier molecular flexibility index (Phi) is 5.83. The summed E-state index contributed by atoms with van der Waals surface area (Å²) in [7, 11) is 0. The number of rotatable bonds is 7. The smallest absolute Gasteiger partial charge is 0.387 e. The fourth-order valence-electron chi connectivity index (χ4n) is 2.72. The number of ether oxygens (including phenoxy) is 1. The van der Waals surface area contributed by atoms with E-state index in [1.54, 1.807) is 17.8 Å². The van der Waals surface area contributed by atoms with Crippen molar-refractivity contribution >= 4 is 11.7 Å². The molecule has 3 aromatic rings. The van der Waals surface area contributed by atoms with E-state index in [0.717, 1.165) is 5.56 Å². The van der Waals surface area contributed by atoms with Crippen molar-refractivity contribution in [2.75, 3.05) is 5.73 Å². The first-order valence-corrected chi connectivity index (χ1v) is 8.47. The normalized spacial score (nSPS) is 10.9. The average Bonchev–Trinajstić information content (AvgIpc) is 3.09. The van der Waals surface area contributed by atoms with E-state index in [1.807, 2.05) is 30.3 Å².